The molecule has 0 amide bonds. The summed E-state index contributed by atoms with van der Waals surface area (Å²) in [6.07, 6.45) is 4.79. The van der Waals surface area contributed by atoms with Crippen molar-refractivity contribution in [1.82, 2.24) is 0 Å². The number of hydrogen-bond acceptors (Lipinski definition) is 2. The van der Waals surface area contributed by atoms with E-state index in [0.29, 0.717) is 12.0 Å². The van der Waals surface area contributed by atoms with Gasteiger partial charge in [-0.15, -0.1) is 11.6 Å². The van der Waals surface area contributed by atoms with E-state index < -0.39 is 17.5 Å². The van der Waals surface area contributed by atoms with Crippen molar-refractivity contribution in [2.24, 2.45) is 5.92 Å². The van der Waals surface area contributed by atoms with Crippen LogP contribution in [0.2, 0.25) is 0 Å². The summed E-state index contributed by atoms with van der Waals surface area (Å²) < 4.78 is 18.9. The molecular formula is C14H20ClFO2. The fourth-order valence-corrected chi connectivity index (χ4v) is 3.08. The lowest BCUT2D eigenvalue weighted by atomic mass is 9.84. The second-order valence-corrected chi connectivity index (χ2v) is 5.95. The predicted molar refractivity (Wildman–Crippen MR) is 69.4 cm³/mol. The Bertz CT molecular complexity index is 326. The summed E-state index contributed by atoms with van der Waals surface area (Å²) in [5.41, 5.74) is 0.470. The lowest BCUT2D eigenvalue weighted by Gasteiger charge is -2.31. The van der Waals surface area contributed by atoms with Crippen molar-refractivity contribution in [3.63, 3.8) is 0 Å². The van der Waals surface area contributed by atoms with Crippen LogP contribution in [-0.4, -0.2) is 23.6 Å². The maximum Gasteiger partial charge on any atom is 0.311 e. The van der Waals surface area contributed by atoms with Crippen LogP contribution in [0.3, 0.4) is 0 Å². The third kappa shape index (κ3) is 3.25. The Morgan fingerprint density at radius 2 is 2.00 bits per heavy atom. The number of carbonyl (C=O) groups excluding carboxylic acids is 1. The van der Waals surface area contributed by atoms with E-state index in [0.717, 1.165) is 25.7 Å². The second kappa shape index (κ2) is 6.05. The van der Waals surface area contributed by atoms with Gasteiger partial charge in [-0.25, -0.2) is 4.39 Å². The molecule has 0 radical (unpaired) electrons. The molecule has 0 bridgehead atoms. The molecule has 0 saturated heterocycles. The van der Waals surface area contributed by atoms with Gasteiger partial charge in [-0.1, -0.05) is 13.0 Å². The predicted octanol–water partition coefficient (Wildman–Crippen LogP) is 3.77. The van der Waals surface area contributed by atoms with Gasteiger partial charge in [0.25, 0.3) is 0 Å². The number of carbonyl (C=O) groups is 1. The van der Waals surface area contributed by atoms with Crippen molar-refractivity contribution in [2.45, 2.75) is 62.6 Å². The highest BCUT2D eigenvalue weighted by Crippen LogP contribution is 2.35. The SMILES string of the molecule is C=C1CC(C(=O)OC2CCCCC2)C(Cl)CC1F. The van der Waals surface area contributed by atoms with Crippen LogP contribution in [-0.2, 0) is 9.53 Å². The molecule has 0 N–H and O–H groups in total. The van der Waals surface area contributed by atoms with E-state index in [2.05, 4.69) is 6.58 Å². The molecule has 0 aromatic carbocycles. The topological polar surface area (TPSA) is 26.3 Å². The van der Waals surface area contributed by atoms with Gasteiger partial charge >= 0.3 is 5.97 Å². The van der Waals surface area contributed by atoms with Gasteiger partial charge in [0, 0.05) is 0 Å². The Morgan fingerprint density at radius 1 is 1.33 bits per heavy atom. The minimum absolute atomic E-state index is 0.0338. The first-order valence-corrected chi connectivity index (χ1v) is 7.18. The zero-order valence-electron chi connectivity index (χ0n) is 10.5. The summed E-state index contributed by atoms with van der Waals surface area (Å²) >= 11 is 6.07. The number of alkyl halides is 2. The van der Waals surface area contributed by atoms with E-state index in [-0.39, 0.29) is 18.5 Å². The zero-order valence-corrected chi connectivity index (χ0v) is 11.3. The number of allylic oxidation sites excluding steroid dienone is 1. The molecule has 0 aliphatic heterocycles. The van der Waals surface area contributed by atoms with Crippen LogP contribution in [0.1, 0.15) is 44.9 Å². The van der Waals surface area contributed by atoms with Crippen molar-refractivity contribution in [2.75, 3.05) is 0 Å². The van der Waals surface area contributed by atoms with Gasteiger partial charge in [-0.05, 0) is 44.1 Å². The number of ether oxygens (including phenoxy) is 1. The van der Waals surface area contributed by atoms with Crippen LogP contribution in [0.4, 0.5) is 4.39 Å². The van der Waals surface area contributed by atoms with Crippen molar-refractivity contribution < 1.29 is 13.9 Å². The molecule has 0 aromatic rings. The lowest BCUT2D eigenvalue weighted by molar-refractivity contribution is -0.156. The molecule has 3 unspecified atom stereocenters. The van der Waals surface area contributed by atoms with Gasteiger partial charge in [0.05, 0.1) is 11.3 Å². The molecule has 0 heterocycles. The van der Waals surface area contributed by atoms with Gasteiger partial charge in [0.15, 0.2) is 0 Å². The standard InChI is InChI=1S/C14H20ClFO2/c1-9-7-11(12(15)8-13(9)16)14(17)18-10-5-3-2-4-6-10/h10-13H,1-8H2. The van der Waals surface area contributed by atoms with Gasteiger partial charge in [-0.3, -0.25) is 4.79 Å². The third-order valence-corrected chi connectivity index (χ3v) is 4.41. The molecule has 18 heavy (non-hydrogen) atoms. The lowest BCUT2D eigenvalue weighted by Crippen LogP contribution is -2.36. The normalized spacial score (nSPS) is 34.3. The molecule has 0 spiro atoms. The van der Waals surface area contributed by atoms with Crippen LogP contribution in [0.5, 0.6) is 0 Å². The van der Waals surface area contributed by atoms with E-state index in [1.807, 2.05) is 0 Å². The maximum absolute atomic E-state index is 13.4. The van der Waals surface area contributed by atoms with Crippen molar-refractivity contribution in [1.29, 1.82) is 0 Å². The van der Waals surface area contributed by atoms with Gasteiger partial charge in [0.1, 0.15) is 12.3 Å². The molecule has 2 aliphatic carbocycles. The molecule has 2 fully saturated rings. The highest BCUT2D eigenvalue weighted by Gasteiger charge is 2.37. The number of rotatable bonds is 2. The Balaban J connectivity index is 1.89. The number of hydrogen-bond donors (Lipinski definition) is 0. The van der Waals surface area contributed by atoms with E-state index in [1.54, 1.807) is 0 Å². The van der Waals surface area contributed by atoms with E-state index >= 15 is 0 Å². The smallest absolute Gasteiger partial charge is 0.311 e. The molecule has 0 aromatic heterocycles. The monoisotopic (exact) mass is 274 g/mol. The first kappa shape index (κ1) is 13.9. The maximum atomic E-state index is 13.4. The zero-order chi connectivity index (χ0) is 13.1. The van der Waals surface area contributed by atoms with Crippen LogP contribution < -0.4 is 0 Å². The average molecular weight is 275 g/mol. The molecule has 2 rings (SSSR count). The number of halogens is 2. The summed E-state index contributed by atoms with van der Waals surface area (Å²) in [4.78, 5) is 12.1. The van der Waals surface area contributed by atoms with Crippen molar-refractivity contribution >= 4 is 17.6 Å². The van der Waals surface area contributed by atoms with Gasteiger partial charge in [0.2, 0.25) is 0 Å². The summed E-state index contributed by atoms with van der Waals surface area (Å²) in [6, 6.07) is 0. The fourth-order valence-electron chi connectivity index (χ4n) is 2.73. The molecule has 2 saturated carbocycles. The van der Waals surface area contributed by atoms with Crippen LogP contribution in [0.25, 0.3) is 0 Å². The van der Waals surface area contributed by atoms with Crippen LogP contribution in [0.15, 0.2) is 12.2 Å². The average Bonchev–Trinajstić information content (AvgIpc) is 2.35. The van der Waals surface area contributed by atoms with Crippen LogP contribution >= 0.6 is 11.6 Å². The summed E-state index contributed by atoms with van der Waals surface area (Å²) in [5, 5.41) is -0.471. The number of esters is 1. The Labute approximate surface area is 113 Å². The largest absolute Gasteiger partial charge is 0.462 e. The summed E-state index contributed by atoms with van der Waals surface area (Å²) in [6.45, 7) is 3.67. The Kier molecular flexibility index (Phi) is 4.66. The summed E-state index contributed by atoms with van der Waals surface area (Å²) in [7, 11) is 0. The molecular weight excluding hydrogens is 255 g/mol. The highest BCUT2D eigenvalue weighted by molar-refractivity contribution is 6.22. The molecule has 2 aliphatic rings. The first-order chi connectivity index (χ1) is 8.58. The molecule has 102 valence electrons. The van der Waals surface area contributed by atoms with Crippen molar-refractivity contribution in [3.05, 3.63) is 12.2 Å². The summed E-state index contributed by atoms with van der Waals surface area (Å²) in [5.74, 6) is -0.692. The third-order valence-electron chi connectivity index (χ3n) is 3.93. The van der Waals surface area contributed by atoms with Crippen LogP contribution in [0, 0.1) is 5.92 Å². The second-order valence-electron chi connectivity index (χ2n) is 5.39. The fraction of sp³-hybridized carbons (Fsp3) is 0.786. The Morgan fingerprint density at radius 3 is 2.67 bits per heavy atom. The molecule has 2 nitrogen and oxygen atoms in total. The van der Waals surface area contributed by atoms with Crippen molar-refractivity contribution in [3.8, 4) is 0 Å². The minimum Gasteiger partial charge on any atom is -0.462 e. The Hall–Kier alpha value is -0.570. The van der Waals surface area contributed by atoms with Gasteiger partial charge in [-0.2, -0.15) is 0 Å². The first-order valence-electron chi connectivity index (χ1n) is 6.74. The quantitative estimate of drug-likeness (QED) is 0.435. The van der Waals surface area contributed by atoms with E-state index in [9.17, 15) is 9.18 Å². The molecule has 4 heteroatoms. The highest BCUT2D eigenvalue weighted by atomic mass is 35.5. The van der Waals surface area contributed by atoms with E-state index in [4.69, 9.17) is 16.3 Å². The van der Waals surface area contributed by atoms with Gasteiger partial charge < -0.3 is 4.74 Å². The minimum atomic E-state index is -1.08. The van der Waals surface area contributed by atoms with E-state index in [1.165, 1.54) is 6.42 Å². The molecule has 3 atom stereocenters.